The quantitative estimate of drug-likeness (QED) is 0.461. The molecular formula is C15H8N4. The molecule has 0 aliphatic rings. The van der Waals surface area contributed by atoms with E-state index in [4.69, 9.17) is 16.1 Å². The summed E-state index contributed by atoms with van der Waals surface area (Å²) in [5, 5.41) is 17.5. The van der Waals surface area contributed by atoms with Gasteiger partial charge in [-0.05, 0) is 48.5 Å². The largest absolute Gasteiger partial charge is 0.361 e. The Morgan fingerprint density at radius 3 is 1.42 bits per heavy atom. The summed E-state index contributed by atoms with van der Waals surface area (Å²) in [6, 6.07) is 17.5. The fourth-order valence-corrected chi connectivity index (χ4v) is 1.69. The third-order valence-electron chi connectivity index (χ3n) is 2.67. The van der Waals surface area contributed by atoms with Gasteiger partial charge in [-0.25, -0.2) is 0 Å². The first kappa shape index (κ1) is 12.3. The first-order valence-electron chi connectivity index (χ1n) is 5.51. The molecule has 0 saturated heterocycles. The molecule has 2 aromatic rings. The van der Waals surface area contributed by atoms with Gasteiger partial charge in [-0.2, -0.15) is 15.3 Å². The molecule has 88 valence electrons. The van der Waals surface area contributed by atoms with E-state index < -0.39 is 0 Å². The summed E-state index contributed by atoms with van der Waals surface area (Å²) in [4.78, 5) is 3.29. The molecular weight excluding hydrogens is 236 g/mol. The number of benzene rings is 2. The lowest BCUT2D eigenvalue weighted by Gasteiger charge is -1.98. The highest BCUT2D eigenvalue weighted by molar-refractivity contribution is 6.09. The summed E-state index contributed by atoms with van der Waals surface area (Å²) in [7, 11) is 0. The van der Waals surface area contributed by atoms with E-state index in [1.807, 2.05) is 12.1 Å². The fraction of sp³-hybridized carbons (Fsp3) is 0. The molecule has 0 spiro atoms. The number of hydrogen-bond donors (Lipinski definition) is 0. The maximum atomic E-state index is 9.14. The van der Waals surface area contributed by atoms with Crippen molar-refractivity contribution < 1.29 is 4.79 Å². The molecule has 4 heteroatoms. The minimum absolute atomic E-state index is 0.397. The zero-order valence-corrected chi connectivity index (χ0v) is 9.91. The van der Waals surface area contributed by atoms with Crippen molar-refractivity contribution in [3.05, 3.63) is 76.3 Å². The standard InChI is InChI=1S/C15H8N4/c16-9-11-1-5-13(6-2-11)15(19-18)14-7-3-12(10-17)4-8-14/h1-8H. The monoisotopic (exact) mass is 244 g/mol. The molecule has 0 aliphatic heterocycles. The van der Waals surface area contributed by atoms with Crippen LogP contribution in [0.25, 0.3) is 5.53 Å². The molecule has 0 N–H and O–H groups in total. The van der Waals surface area contributed by atoms with Gasteiger partial charge in [0.05, 0.1) is 34.4 Å². The lowest BCUT2D eigenvalue weighted by molar-refractivity contribution is -0.00279. The van der Waals surface area contributed by atoms with Crippen LogP contribution < -0.4 is 0 Å². The van der Waals surface area contributed by atoms with Crippen LogP contribution in [0.15, 0.2) is 48.5 Å². The van der Waals surface area contributed by atoms with Crippen LogP contribution in [-0.2, 0) is 0 Å². The van der Waals surface area contributed by atoms with Crippen molar-refractivity contribution in [1.82, 2.24) is 0 Å². The lowest BCUT2D eigenvalue weighted by Crippen LogP contribution is -2.04. The summed E-state index contributed by atoms with van der Waals surface area (Å²) in [6.07, 6.45) is 0. The van der Waals surface area contributed by atoms with Gasteiger partial charge in [0.15, 0.2) is 0 Å². The normalized spacial score (nSPS) is 8.95. The Kier molecular flexibility index (Phi) is 3.50. The minimum atomic E-state index is 0.397. The predicted octanol–water partition coefficient (Wildman–Crippen LogP) is 2.50. The summed E-state index contributed by atoms with van der Waals surface area (Å²) >= 11 is 0. The maximum absolute atomic E-state index is 9.14. The molecule has 0 radical (unpaired) electrons. The van der Waals surface area contributed by atoms with Crippen LogP contribution in [0.4, 0.5) is 0 Å². The molecule has 0 aromatic heterocycles. The van der Waals surface area contributed by atoms with Crippen LogP contribution in [0.2, 0.25) is 0 Å². The Balaban J connectivity index is 2.42. The van der Waals surface area contributed by atoms with E-state index in [9.17, 15) is 0 Å². The van der Waals surface area contributed by atoms with Crippen molar-refractivity contribution >= 4 is 5.71 Å². The molecule has 0 unspecified atom stereocenters. The van der Waals surface area contributed by atoms with Crippen LogP contribution in [0.3, 0.4) is 0 Å². The van der Waals surface area contributed by atoms with Gasteiger partial charge in [-0.15, -0.1) is 0 Å². The smallest absolute Gasteiger partial charge is 0.329 e. The van der Waals surface area contributed by atoms with Crippen LogP contribution in [-0.4, -0.2) is 10.5 Å². The van der Waals surface area contributed by atoms with E-state index in [0.717, 1.165) is 0 Å². The minimum Gasteiger partial charge on any atom is -0.361 e. The van der Waals surface area contributed by atoms with Gasteiger partial charge in [-0.3, -0.25) is 0 Å². The van der Waals surface area contributed by atoms with E-state index in [1.54, 1.807) is 48.5 Å². The average molecular weight is 244 g/mol. The molecule has 0 bridgehead atoms. The summed E-state index contributed by atoms with van der Waals surface area (Å²) in [5.41, 5.74) is 12.0. The van der Waals surface area contributed by atoms with Crippen molar-refractivity contribution in [2.75, 3.05) is 0 Å². The summed E-state index contributed by atoms with van der Waals surface area (Å²) in [6.45, 7) is 0. The van der Waals surface area contributed by atoms with Crippen molar-refractivity contribution in [3.63, 3.8) is 0 Å². The number of nitrogens with zero attached hydrogens (tertiary/aromatic N) is 4. The molecule has 0 atom stereocenters. The topological polar surface area (TPSA) is 84.0 Å². The number of rotatable bonds is 2. The number of hydrogen-bond acceptors (Lipinski definition) is 2. The fourth-order valence-electron chi connectivity index (χ4n) is 1.69. The van der Waals surface area contributed by atoms with E-state index in [2.05, 4.69) is 4.79 Å². The predicted molar refractivity (Wildman–Crippen MR) is 69.1 cm³/mol. The Morgan fingerprint density at radius 2 is 1.16 bits per heavy atom. The van der Waals surface area contributed by atoms with Gasteiger partial charge < -0.3 is 5.53 Å². The molecule has 0 fully saturated rings. The molecule has 2 aromatic carbocycles. The first-order valence-corrected chi connectivity index (χ1v) is 5.51. The van der Waals surface area contributed by atoms with E-state index in [0.29, 0.717) is 28.0 Å². The SMILES string of the molecule is N#Cc1ccc(C(=[N+]=[N-])c2ccc(C#N)cc2)cc1. The van der Waals surface area contributed by atoms with Gasteiger partial charge >= 0.3 is 5.71 Å². The zero-order chi connectivity index (χ0) is 13.7. The molecule has 4 nitrogen and oxygen atoms in total. The highest BCUT2D eigenvalue weighted by Crippen LogP contribution is 2.11. The third-order valence-corrected chi connectivity index (χ3v) is 2.67. The molecule has 0 aliphatic carbocycles. The Labute approximate surface area is 110 Å². The van der Waals surface area contributed by atoms with Gasteiger partial charge in [0.2, 0.25) is 0 Å². The molecule has 0 saturated carbocycles. The first-order chi connectivity index (χ1) is 9.28. The maximum Gasteiger partial charge on any atom is 0.329 e. The highest BCUT2D eigenvalue weighted by atomic mass is 14.9. The Bertz CT molecular complexity index is 662. The van der Waals surface area contributed by atoms with Crippen LogP contribution >= 0.6 is 0 Å². The zero-order valence-electron chi connectivity index (χ0n) is 9.91. The second-order valence-electron chi connectivity index (χ2n) is 3.83. The van der Waals surface area contributed by atoms with Crippen molar-refractivity contribution in [2.24, 2.45) is 0 Å². The average Bonchev–Trinajstić information content (AvgIpc) is 2.49. The van der Waals surface area contributed by atoms with Crippen LogP contribution in [0.1, 0.15) is 22.3 Å². The molecule has 19 heavy (non-hydrogen) atoms. The Hall–Kier alpha value is -3.20. The summed E-state index contributed by atoms with van der Waals surface area (Å²) < 4.78 is 0. The van der Waals surface area contributed by atoms with Crippen molar-refractivity contribution in [3.8, 4) is 12.1 Å². The second kappa shape index (κ2) is 5.42. The van der Waals surface area contributed by atoms with E-state index >= 15 is 0 Å². The van der Waals surface area contributed by atoms with Crippen molar-refractivity contribution in [1.29, 1.82) is 10.5 Å². The van der Waals surface area contributed by atoms with Gasteiger partial charge in [0.1, 0.15) is 0 Å². The van der Waals surface area contributed by atoms with Gasteiger partial charge in [0, 0.05) is 0 Å². The van der Waals surface area contributed by atoms with Crippen LogP contribution in [0.5, 0.6) is 0 Å². The van der Waals surface area contributed by atoms with Crippen LogP contribution in [0, 0.1) is 22.7 Å². The molecule has 0 heterocycles. The summed E-state index contributed by atoms with van der Waals surface area (Å²) in [5.74, 6) is 0. The third kappa shape index (κ3) is 2.56. The van der Waals surface area contributed by atoms with Gasteiger partial charge in [0.25, 0.3) is 0 Å². The van der Waals surface area contributed by atoms with Crippen molar-refractivity contribution in [2.45, 2.75) is 0 Å². The van der Waals surface area contributed by atoms with E-state index in [-0.39, 0.29) is 0 Å². The van der Waals surface area contributed by atoms with Gasteiger partial charge in [-0.1, -0.05) is 0 Å². The Morgan fingerprint density at radius 1 is 0.789 bits per heavy atom. The highest BCUT2D eigenvalue weighted by Gasteiger charge is 2.14. The molecule has 2 rings (SSSR count). The van der Waals surface area contributed by atoms with E-state index in [1.165, 1.54) is 0 Å². The number of nitriles is 2. The molecule has 0 amide bonds. The lowest BCUT2D eigenvalue weighted by atomic mass is 10.0. The second-order valence-corrected chi connectivity index (χ2v) is 3.83.